The maximum atomic E-state index is 8.43. The summed E-state index contributed by atoms with van der Waals surface area (Å²) in [5.74, 6) is 0. The summed E-state index contributed by atoms with van der Waals surface area (Å²) < 4.78 is 12.7. The molecule has 2 unspecified atom stereocenters. The first-order valence-electron chi connectivity index (χ1n) is 18.6. The minimum atomic E-state index is -2.18. The summed E-state index contributed by atoms with van der Waals surface area (Å²) in [4.78, 5) is 0. The summed E-state index contributed by atoms with van der Waals surface area (Å²) in [6.07, 6.45) is 0. The summed E-state index contributed by atoms with van der Waals surface area (Å²) in [5, 5.41) is 19.4. The zero-order valence-electron chi connectivity index (χ0n) is 34.5. The Morgan fingerprint density at radius 1 is 0.564 bits per heavy atom. The molecule has 4 aromatic rings. The minimum Gasteiger partial charge on any atom is -0.449 e. The van der Waals surface area contributed by atoms with Gasteiger partial charge in [-0.15, -0.1) is 26.3 Å². The Kier molecular flexibility index (Phi) is 22.1. The number of aliphatic hydroxyl groups is 2. The van der Waals surface area contributed by atoms with Gasteiger partial charge in [0.1, 0.15) is 8.83 Å². The van der Waals surface area contributed by atoms with Crippen molar-refractivity contribution < 1.29 is 18.4 Å². The molecule has 10 heteroatoms. The van der Waals surface area contributed by atoms with Crippen molar-refractivity contribution >= 4 is 69.1 Å². The topological polar surface area (TPSA) is 58.9 Å². The zero-order chi connectivity index (χ0) is 41.6. The second-order valence-electron chi connectivity index (χ2n) is 15.2. The van der Waals surface area contributed by atoms with Crippen LogP contribution in [0.1, 0.15) is 25.0 Å². The summed E-state index contributed by atoms with van der Waals surface area (Å²) in [5.41, 5.74) is 13.6. The van der Waals surface area contributed by atoms with Gasteiger partial charge in [0.15, 0.2) is 16.6 Å². The van der Waals surface area contributed by atoms with E-state index in [1.807, 2.05) is 47.1 Å². The van der Waals surface area contributed by atoms with E-state index in [1.54, 1.807) is 13.8 Å². The fraction of sp³-hybridized carbons (Fsp3) is 0.244. The third-order valence-corrected chi connectivity index (χ3v) is 23.8. The van der Waals surface area contributed by atoms with Crippen molar-refractivity contribution in [1.29, 1.82) is 0 Å². The Balaban J connectivity index is 0.000000395. The SMILES string of the molecule is C=C[Si](C)(C)O[Si](C)(C)C=C.C=C[Si](C)(O[Si](C)(C=C)c1ccccc1)c1ccccc1.CC(C)(CO)CO.Cl[SiH2]C=C(c1ccccc1)c1ccccc1. The molecule has 0 saturated heterocycles. The molecule has 0 aliphatic carbocycles. The van der Waals surface area contributed by atoms with Gasteiger partial charge in [0, 0.05) is 5.41 Å². The van der Waals surface area contributed by atoms with Crippen LogP contribution in [0.3, 0.4) is 0 Å². The van der Waals surface area contributed by atoms with E-state index < -0.39 is 42.1 Å². The maximum Gasteiger partial charge on any atom is 0.234 e. The van der Waals surface area contributed by atoms with Gasteiger partial charge >= 0.3 is 0 Å². The van der Waals surface area contributed by atoms with E-state index in [4.69, 9.17) is 29.5 Å². The van der Waals surface area contributed by atoms with Crippen LogP contribution in [-0.2, 0) is 8.23 Å². The molecule has 55 heavy (non-hydrogen) atoms. The highest BCUT2D eigenvalue weighted by Crippen LogP contribution is 2.23. The van der Waals surface area contributed by atoms with Crippen LogP contribution in [0.4, 0.5) is 0 Å². The highest BCUT2D eigenvalue weighted by Gasteiger charge is 2.38. The van der Waals surface area contributed by atoms with Gasteiger partial charge in [-0.1, -0.05) is 164 Å². The monoisotopic (exact) mass is 844 g/mol. The van der Waals surface area contributed by atoms with Crippen LogP contribution in [0.25, 0.3) is 5.57 Å². The van der Waals surface area contributed by atoms with Crippen molar-refractivity contribution in [2.24, 2.45) is 5.41 Å². The van der Waals surface area contributed by atoms with E-state index in [2.05, 4.69) is 168 Å². The van der Waals surface area contributed by atoms with E-state index in [1.165, 1.54) is 27.1 Å². The first-order chi connectivity index (χ1) is 25.9. The fourth-order valence-electron chi connectivity index (χ4n) is 4.94. The number of benzene rings is 4. The molecule has 2 N–H and O–H groups in total. The summed E-state index contributed by atoms with van der Waals surface area (Å²) in [7, 11) is -8.14. The maximum absolute atomic E-state index is 8.43. The van der Waals surface area contributed by atoms with Crippen molar-refractivity contribution in [3.8, 4) is 0 Å². The predicted molar refractivity (Wildman–Crippen MR) is 256 cm³/mol. The number of hydrogen-bond donors (Lipinski definition) is 2. The van der Waals surface area contributed by atoms with E-state index in [-0.39, 0.29) is 18.6 Å². The van der Waals surface area contributed by atoms with E-state index in [0.29, 0.717) is 0 Å². The minimum absolute atomic E-state index is 0.0451. The molecule has 0 saturated carbocycles. The van der Waals surface area contributed by atoms with Crippen molar-refractivity contribution in [2.75, 3.05) is 13.2 Å². The molecular weight excluding hydrogens is 780 g/mol. The van der Waals surface area contributed by atoms with Crippen LogP contribution in [0.2, 0.25) is 39.3 Å². The Labute approximate surface area is 344 Å². The Bertz CT molecular complexity index is 1620. The van der Waals surface area contributed by atoms with Gasteiger partial charge in [0.2, 0.25) is 16.6 Å². The van der Waals surface area contributed by atoms with Gasteiger partial charge < -0.3 is 18.4 Å². The molecule has 296 valence electrons. The quantitative estimate of drug-likeness (QED) is 0.0925. The van der Waals surface area contributed by atoms with Crippen LogP contribution in [0.15, 0.2) is 176 Å². The lowest BCUT2D eigenvalue weighted by Gasteiger charge is -2.35. The number of hydrogen-bond acceptors (Lipinski definition) is 4. The first-order valence-corrected chi connectivity index (χ1v) is 32.4. The third-order valence-electron chi connectivity index (χ3n) is 8.71. The van der Waals surface area contributed by atoms with Crippen molar-refractivity contribution in [2.45, 2.75) is 53.1 Å². The molecule has 4 aromatic carbocycles. The molecule has 4 nitrogen and oxygen atoms in total. The van der Waals surface area contributed by atoms with Crippen LogP contribution in [0, 0.1) is 5.41 Å². The molecule has 0 spiro atoms. The average molecular weight is 846 g/mol. The molecule has 0 aromatic heterocycles. The van der Waals surface area contributed by atoms with Crippen LogP contribution in [-0.4, -0.2) is 65.5 Å². The Morgan fingerprint density at radius 3 is 1.11 bits per heavy atom. The molecule has 0 radical (unpaired) electrons. The standard InChI is InChI=1S/C18H22OSi2.C14H13ClSi.C8H18OSi2.C5H12O2/c1-5-20(3,17-13-9-7-10-14-17)19-21(4,6-2)18-15-11-8-12-16-18;15-16-11-14(12-7-3-1-4-8-12)13-9-5-2-6-10-13;1-7-10(3,4)9-11(5,6)8-2;1-5(2,3-6)4-7/h5-16H,1-2H2,3-4H3;1-11H,16H2;7-8H,1-2H2,3-6H3;6-7H,3-4H2,1-2H3. The van der Waals surface area contributed by atoms with Gasteiger partial charge in [-0.05, 0) is 66.4 Å². The molecule has 0 aliphatic rings. The van der Waals surface area contributed by atoms with Crippen molar-refractivity contribution in [3.63, 3.8) is 0 Å². The smallest absolute Gasteiger partial charge is 0.234 e. The highest BCUT2D eigenvalue weighted by atomic mass is 35.6. The van der Waals surface area contributed by atoms with E-state index >= 15 is 0 Å². The lowest BCUT2D eigenvalue weighted by molar-refractivity contribution is 0.0857. The number of rotatable bonds is 15. The molecule has 0 bridgehead atoms. The van der Waals surface area contributed by atoms with Gasteiger partial charge in [-0.25, -0.2) is 0 Å². The number of halogens is 1. The van der Waals surface area contributed by atoms with Gasteiger partial charge in [0.05, 0.1) is 13.2 Å². The summed E-state index contributed by atoms with van der Waals surface area (Å²) in [6, 6.07) is 41.6. The Hall–Kier alpha value is -3.21. The van der Waals surface area contributed by atoms with Gasteiger partial charge in [-0.3, -0.25) is 0 Å². The average Bonchev–Trinajstić information content (AvgIpc) is 3.21. The second-order valence-corrected chi connectivity index (χ2v) is 32.1. The molecular formula is C45H65ClO4Si5. The zero-order valence-corrected chi connectivity index (χ0v) is 40.6. The lowest BCUT2D eigenvalue weighted by Crippen LogP contribution is -2.59. The first kappa shape index (κ1) is 49.8. The molecule has 4 rings (SSSR count). The molecule has 0 amide bonds. The summed E-state index contributed by atoms with van der Waals surface area (Å²) in [6.45, 7) is 32.3. The van der Waals surface area contributed by atoms with E-state index in [0.717, 1.165) is 0 Å². The molecule has 0 heterocycles. The fourth-order valence-corrected chi connectivity index (χ4v) is 19.4. The van der Waals surface area contributed by atoms with Crippen LogP contribution < -0.4 is 10.4 Å². The lowest BCUT2D eigenvalue weighted by atomic mass is 9.97. The highest BCUT2D eigenvalue weighted by molar-refractivity contribution is 7.02. The summed E-state index contributed by atoms with van der Waals surface area (Å²) >= 11 is 5.96. The normalized spacial score (nSPS) is 13.4. The van der Waals surface area contributed by atoms with E-state index in [9.17, 15) is 0 Å². The molecule has 2 atom stereocenters. The van der Waals surface area contributed by atoms with Crippen LogP contribution >= 0.6 is 11.1 Å². The molecule has 0 fully saturated rings. The number of aliphatic hydroxyl groups excluding tert-OH is 2. The van der Waals surface area contributed by atoms with Gasteiger partial charge in [-0.2, -0.15) is 11.1 Å². The van der Waals surface area contributed by atoms with Crippen molar-refractivity contribution in [1.82, 2.24) is 0 Å². The Morgan fingerprint density at radius 2 is 0.873 bits per heavy atom. The van der Waals surface area contributed by atoms with Crippen molar-refractivity contribution in [3.05, 3.63) is 187 Å². The largest absolute Gasteiger partial charge is 0.449 e. The van der Waals surface area contributed by atoms with Gasteiger partial charge in [0.25, 0.3) is 0 Å². The van der Waals surface area contributed by atoms with Crippen LogP contribution in [0.5, 0.6) is 0 Å². The third kappa shape index (κ3) is 18.1. The molecule has 0 aliphatic heterocycles. The predicted octanol–water partition coefficient (Wildman–Crippen LogP) is 9.68. The second kappa shape index (κ2) is 24.4.